The van der Waals surface area contributed by atoms with Gasteiger partial charge in [0, 0.05) is 5.69 Å². The van der Waals surface area contributed by atoms with Crippen LogP contribution in [0.4, 0.5) is 5.69 Å². The molecule has 4 nitrogen and oxygen atoms in total. The summed E-state index contributed by atoms with van der Waals surface area (Å²) in [6.45, 7) is 3.96. The summed E-state index contributed by atoms with van der Waals surface area (Å²) in [5.41, 5.74) is 1.74. The molecule has 1 N–H and O–H groups in total. The molecule has 3 rings (SSSR count). The third-order valence-corrected chi connectivity index (χ3v) is 7.68. The van der Waals surface area contributed by atoms with E-state index in [0.29, 0.717) is 11.4 Å². The molecular weight excluding hydrogens is 378 g/mol. The molecule has 2 aromatic rings. The van der Waals surface area contributed by atoms with Gasteiger partial charge in [-0.1, -0.05) is 67.4 Å². The van der Waals surface area contributed by atoms with Gasteiger partial charge in [-0.05, 0) is 37.6 Å². The normalized spacial score (nSPS) is 17.4. The number of carbonyl (C=O) groups excluding carboxylic acids is 1. The number of hydrogen-bond acceptors (Lipinski definition) is 5. The molecule has 0 amide bonds. The predicted octanol–water partition coefficient (Wildman–Crippen LogP) is 4.92. The van der Waals surface area contributed by atoms with Crippen molar-refractivity contribution in [1.29, 1.82) is 0 Å². The second-order valence-corrected chi connectivity index (χ2v) is 9.68. The first kappa shape index (κ1) is 19.7. The van der Waals surface area contributed by atoms with Crippen molar-refractivity contribution >= 4 is 33.1 Å². The van der Waals surface area contributed by atoms with Gasteiger partial charge in [-0.3, -0.25) is 4.79 Å². The quantitative estimate of drug-likeness (QED) is 0.713. The Morgan fingerprint density at radius 1 is 1.04 bits per heavy atom. The van der Waals surface area contributed by atoms with E-state index in [-0.39, 0.29) is 20.8 Å². The minimum Gasteiger partial charge on any atom is -0.349 e. The van der Waals surface area contributed by atoms with Gasteiger partial charge in [0.1, 0.15) is 4.91 Å². The molecule has 27 heavy (non-hydrogen) atoms. The third-order valence-electron chi connectivity index (χ3n) is 4.43. The number of rotatable bonds is 7. The van der Waals surface area contributed by atoms with E-state index in [9.17, 15) is 13.2 Å². The standard InChI is InChI=1S/C21H23NO3S2/c1-3-4-10-18-19(23)20(21(26-18)22-16-8-6-5-7-9-16)27(24,25)17-13-11-15(2)12-14-17/h5-9,11-14,18,22H,3-4,10H2,1-2H3/t18-/m0/s1. The largest absolute Gasteiger partial charge is 0.349 e. The number of nitrogens with one attached hydrogen (secondary N) is 1. The van der Waals surface area contributed by atoms with Crippen molar-refractivity contribution in [3.63, 3.8) is 0 Å². The second-order valence-electron chi connectivity index (χ2n) is 6.58. The number of para-hydroxylation sites is 1. The number of unbranched alkanes of at least 4 members (excludes halogenated alkanes) is 1. The predicted molar refractivity (Wildman–Crippen MR) is 111 cm³/mol. The molecule has 1 aliphatic heterocycles. The van der Waals surface area contributed by atoms with E-state index in [0.717, 1.165) is 24.1 Å². The smallest absolute Gasteiger partial charge is 0.212 e. The molecule has 1 aliphatic rings. The van der Waals surface area contributed by atoms with Crippen LogP contribution in [0.15, 0.2) is 69.4 Å². The minimum absolute atomic E-state index is 0.110. The second kappa shape index (κ2) is 8.31. The summed E-state index contributed by atoms with van der Waals surface area (Å²) in [4.78, 5) is 13.0. The zero-order chi connectivity index (χ0) is 19.4. The highest BCUT2D eigenvalue weighted by Crippen LogP contribution is 2.42. The molecule has 6 heteroatoms. The van der Waals surface area contributed by atoms with Crippen LogP contribution in [0.2, 0.25) is 0 Å². The maximum absolute atomic E-state index is 13.2. The van der Waals surface area contributed by atoms with Crippen LogP contribution >= 0.6 is 11.8 Å². The van der Waals surface area contributed by atoms with Crippen LogP contribution in [0.25, 0.3) is 0 Å². The van der Waals surface area contributed by atoms with Crippen molar-refractivity contribution in [3.05, 3.63) is 70.1 Å². The van der Waals surface area contributed by atoms with Crippen LogP contribution in [0.5, 0.6) is 0 Å². The number of Topliss-reactive ketones (excluding diaryl/α,β-unsaturated/α-hetero) is 1. The van der Waals surface area contributed by atoms with Gasteiger partial charge in [0.2, 0.25) is 9.84 Å². The van der Waals surface area contributed by atoms with Crippen LogP contribution < -0.4 is 5.32 Å². The lowest BCUT2D eigenvalue weighted by Gasteiger charge is -2.10. The molecule has 0 spiro atoms. The highest BCUT2D eigenvalue weighted by Gasteiger charge is 2.41. The van der Waals surface area contributed by atoms with Gasteiger partial charge < -0.3 is 5.32 Å². The minimum atomic E-state index is -3.89. The lowest BCUT2D eigenvalue weighted by molar-refractivity contribution is -0.114. The Bertz CT molecular complexity index is 949. The molecule has 0 saturated heterocycles. The van der Waals surface area contributed by atoms with E-state index in [4.69, 9.17) is 0 Å². The van der Waals surface area contributed by atoms with Gasteiger partial charge >= 0.3 is 0 Å². The Balaban J connectivity index is 2.02. The maximum Gasteiger partial charge on any atom is 0.212 e. The van der Waals surface area contributed by atoms with Crippen molar-refractivity contribution in [3.8, 4) is 0 Å². The highest BCUT2D eigenvalue weighted by atomic mass is 32.2. The summed E-state index contributed by atoms with van der Waals surface area (Å²) in [6.07, 6.45) is 2.53. The molecule has 0 saturated carbocycles. The van der Waals surface area contributed by atoms with Gasteiger partial charge in [0.15, 0.2) is 5.78 Å². The molecule has 2 aromatic carbocycles. The highest BCUT2D eigenvalue weighted by molar-refractivity contribution is 8.07. The first-order valence-electron chi connectivity index (χ1n) is 9.02. The van der Waals surface area contributed by atoms with E-state index in [1.165, 1.54) is 11.8 Å². The molecule has 142 valence electrons. The Hall–Kier alpha value is -2.05. The number of benzene rings is 2. The SMILES string of the molecule is CCCC[C@@H]1SC(Nc2ccccc2)=C(S(=O)(=O)c2ccc(C)cc2)C1=O. The van der Waals surface area contributed by atoms with E-state index >= 15 is 0 Å². The van der Waals surface area contributed by atoms with Gasteiger partial charge in [0.05, 0.1) is 15.2 Å². The maximum atomic E-state index is 13.2. The monoisotopic (exact) mass is 401 g/mol. The summed E-state index contributed by atoms with van der Waals surface area (Å²) in [5, 5.41) is 3.23. The number of ketones is 1. The van der Waals surface area contributed by atoms with E-state index in [1.807, 2.05) is 37.3 Å². The third kappa shape index (κ3) is 4.28. The van der Waals surface area contributed by atoms with E-state index in [2.05, 4.69) is 12.2 Å². The zero-order valence-electron chi connectivity index (χ0n) is 15.4. The summed E-state index contributed by atoms with van der Waals surface area (Å²) in [5.74, 6) is -0.299. The molecule has 1 heterocycles. The Kier molecular flexibility index (Phi) is 6.07. The van der Waals surface area contributed by atoms with Crippen LogP contribution in [0, 0.1) is 6.92 Å². The van der Waals surface area contributed by atoms with E-state index in [1.54, 1.807) is 24.3 Å². The Morgan fingerprint density at radius 3 is 2.33 bits per heavy atom. The molecule has 0 bridgehead atoms. The first-order chi connectivity index (χ1) is 12.9. The fraction of sp³-hybridized carbons (Fsp3) is 0.286. The van der Waals surface area contributed by atoms with Crippen LogP contribution in [-0.4, -0.2) is 19.5 Å². The molecule has 1 atom stereocenters. The molecule has 0 aromatic heterocycles. The van der Waals surface area contributed by atoms with Crippen LogP contribution in [-0.2, 0) is 14.6 Å². The first-order valence-corrected chi connectivity index (χ1v) is 11.4. The average molecular weight is 402 g/mol. The van der Waals surface area contributed by atoms with E-state index < -0.39 is 9.84 Å². The number of aryl methyl sites for hydroxylation is 1. The number of anilines is 1. The van der Waals surface area contributed by atoms with Crippen molar-refractivity contribution in [2.45, 2.75) is 43.3 Å². The van der Waals surface area contributed by atoms with Gasteiger partial charge in [-0.25, -0.2) is 8.42 Å². The Morgan fingerprint density at radius 2 is 1.70 bits per heavy atom. The topological polar surface area (TPSA) is 63.2 Å². The number of sulfone groups is 1. The van der Waals surface area contributed by atoms with Crippen molar-refractivity contribution in [2.75, 3.05) is 5.32 Å². The summed E-state index contributed by atoms with van der Waals surface area (Å²) in [7, 11) is -3.89. The molecule has 0 aliphatic carbocycles. The van der Waals surface area contributed by atoms with Gasteiger partial charge in [-0.15, -0.1) is 0 Å². The molecular formula is C21H23NO3S2. The molecule has 0 radical (unpaired) electrons. The zero-order valence-corrected chi connectivity index (χ0v) is 17.1. The number of hydrogen-bond donors (Lipinski definition) is 1. The molecule has 0 unspecified atom stereocenters. The van der Waals surface area contributed by atoms with Gasteiger partial charge in [-0.2, -0.15) is 0 Å². The summed E-state index contributed by atoms with van der Waals surface area (Å²) in [6, 6.07) is 16.0. The summed E-state index contributed by atoms with van der Waals surface area (Å²) < 4.78 is 26.5. The molecule has 0 fully saturated rings. The average Bonchev–Trinajstić information content (AvgIpc) is 2.97. The lowest BCUT2D eigenvalue weighted by Crippen LogP contribution is -2.20. The number of carbonyl (C=O) groups is 1. The van der Waals surface area contributed by atoms with Crippen molar-refractivity contribution in [1.82, 2.24) is 0 Å². The Labute approximate surface area is 165 Å². The number of allylic oxidation sites excluding steroid dienone is 1. The lowest BCUT2D eigenvalue weighted by atomic mass is 10.1. The van der Waals surface area contributed by atoms with Crippen molar-refractivity contribution in [2.24, 2.45) is 0 Å². The van der Waals surface area contributed by atoms with Crippen LogP contribution in [0.3, 0.4) is 0 Å². The fourth-order valence-corrected chi connectivity index (χ4v) is 6.07. The summed E-state index contributed by atoms with van der Waals surface area (Å²) >= 11 is 1.33. The van der Waals surface area contributed by atoms with Crippen LogP contribution in [0.1, 0.15) is 31.7 Å². The fourth-order valence-electron chi connectivity index (χ4n) is 2.92. The van der Waals surface area contributed by atoms with Crippen molar-refractivity contribution < 1.29 is 13.2 Å². The van der Waals surface area contributed by atoms with Gasteiger partial charge in [0.25, 0.3) is 0 Å². The number of thioether (sulfide) groups is 1.